The minimum Gasteiger partial charge on any atom is -0.481 e. The van der Waals surface area contributed by atoms with Gasteiger partial charge in [0.15, 0.2) is 0 Å². The molecule has 1 saturated heterocycles. The molecule has 12 nitrogen and oxygen atoms in total. The molecule has 1 fully saturated rings. The van der Waals surface area contributed by atoms with Crippen molar-refractivity contribution in [1.29, 1.82) is 0 Å². The number of amides is 3. The van der Waals surface area contributed by atoms with Crippen LogP contribution in [0.4, 0.5) is 0 Å². The second-order valence-electron chi connectivity index (χ2n) is 9.58. The summed E-state index contributed by atoms with van der Waals surface area (Å²) in [5, 5.41) is 24.7. The van der Waals surface area contributed by atoms with Crippen molar-refractivity contribution in [2.45, 2.75) is 63.7 Å². The Morgan fingerprint density at radius 1 is 1.08 bits per heavy atom. The maximum absolute atomic E-state index is 13.4. The lowest BCUT2D eigenvalue weighted by molar-refractivity contribution is -0.150. The lowest BCUT2D eigenvalue weighted by atomic mass is 10.0. The van der Waals surface area contributed by atoms with Crippen LogP contribution in [-0.2, 0) is 30.4 Å². The van der Waals surface area contributed by atoms with Crippen LogP contribution >= 0.6 is 0 Å². The number of nitrogens with one attached hydrogen (secondary N) is 3. The first-order valence-electron chi connectivity index (χ1n) is 12.2. The van der Waals surface area contributed by atoms with Crippen LogP contribution in [0.15, 0.2) is 30.5 Å². The van der Waals surface area contributed by atoms with E-state index in [9.17, 15) is 34.2 Å². The number of carbonyl (C=O) groups excluding carboxylic acids is 3. The largest absolute Gasteiger partial charge is 0.481 e. The summed E-state index contributed by atoms with van der Waals surface area (Å²) in [6, 6.07) is 2.73. The van der Waals surface area contributed by atoms with Gasteiger partial charge in [0.25, 0.3) is 0 Å². The van der Waals surface area contributed by atoms with Gasteiger partial charge in [-0.1, -0.05) is 32.0 Å². The van der Waals surface area contributed by atoms with Crippen LogP contribution in [0.2, 0.25) is 0 Å². The van der Waals surface area contributed by atoms with E-state index >= 15 is 0 Å². The summed E-state index contributed by atoms with van der Waals surface area (Å²) in [7, 11) is 0. The van der Waals surface area contributed by atoms with E-state index in [0.717, 1.165) is 21.4 Å². The molecule has 4 atom stereocenters. The van der Waals surface area contributed by atoms with Gasteiger partial charge in [-0.05, 0) is 30.4 Å². The molecule has 1 aliphatic heterocycles. The van der Waals surface area contributed by atoms with E-state index in [1.54, 1.807) is 20.0 Å². The van der Waals surface area contributed by atoms with Gasteiger partial charge in [0, 0.05) is 30.1 Å². The Bertz CT molecular complexity index is 1180. The van der Waals surface area contributed by atoms with Crippen molar-refractivity contribution in [2.75, 3.05) is 6.54 Å². The van der Waals surface area contributed by atoms with Crippen LogP contribution in [0.5, 0.6) is 0 Å². The lowest BCUT2D eigenvalue weighted by Gasteiger charge is -2.28. The van der Waals surface area contributed by atoms with Gasteiger partial charge in [0.05, 0.1) is 12.5 Å². The van der Waals surface area contributed by atoms with Crippen LogP contribution in [0.3, 0.4) is 0 Å². The molecule has 37 heavy (non-hydrogen) atoms. The van der Waals surface area contributed by atoms with Crippen LogP contribution in [0.25, 0.3) is 10.9 Å². The molecule has 2 aromatic rings. The minimum atomic E-state index is -1.51. The van der Waals surface area contributed by atoms with Gasteiger partial charge in [-0.3, -0.25) is 19.2 Å². The Balaban J connectivity index is 1.86. The van der Waals surface area contributed by atoms with Gasteiger partial charge >= 0.3 is 11.9 Å². The van der Waals surface area contributed by atoms with Gasteiger partial charge < -0.3 is 36.5 Å². The molecule has 0 spiro atoms. The molecule has 1 aliphatic rings. The number of carboxylic acid groups (broad SMARTS) is 2. The molecule has 3 rings (SSSR count). The molecule has 7 N–H and O–H groups in total. The van der Waals surface area contributed by atoms with Gasteiger partial charge in [-0.25, -0.2) is 4.79 Å². The predicted molar refractivity (Wildman–Crippen MR) is 133 cm³/mol. The molecule has 2 heterocycles. The normalized spacial score (nSPS) is 17.8. The van der Waals surface area contributed by atoms with Gasteiger partial charge in [-0.2, -0.15) is 0 Å². The highest BCUT2D eigenvalue weighted by Gasteiger charge is 2.39. The smallest absolute Gasteiger partial charge is 0.326 e. The van der Waals surface area contributed by atoms with Crippen molar-refractivity contribution in [3.05, 3.63) is 36.0 Å². The zero-order valence-electron chi connectivity index (χ0n) is 20.8. The van der Waals surface area contributed by atoms with E-state index in [0.29, 0.717) is 6.42 Å². The maximum atomic E-state index is 13.4. The fourth-order valence-electron chi connectivity index (χ4n) is 4.43. The molecule has 3 amide bonds. The second kappa shape index (κ2) is 11.9. The number of H-pyrrole nitrogens is 1. The highest BCUT2D eigenvalue weighted by Crippen LogP contribution is 2.21. The Morgan fingerprint density at radius 2 is 1.76 bits per heavy atom. The van der Waals surface area contributed by atoms with Gasteiger partial charge in [0.2, 0.25) is 17.7 Å². The quantitative estimate of drug-likeness (QED) is 0.244. The van der Waals surface area contributed by atoms with Gasteiger partial charge in [0.1, 0.15) is 18.1 Å². The van der Waals surface area contributed by atoms with E-state index in [4.69, 9.17) is 5.73 Å². The number of nitrogens with two attached hydrogens (primary N) is 1. The number of hydrogen-bond acceptors (Lipinski definition) is 6. The van der Waals surface area contributed by atoms with Crippen molar-refractivity contribution in [2.24, 2.45) is 11.7 Å². The number of benzene rings is 1. The molecule has 0 bridgehead atoms. The van der Waals surface area contributed by atoms with Crippen LogP contribution in [0.1, 0.15) is 38.7 Å². The number of para-hydroxylation sites is 1. The van der Waals surface area contributed by atoms with Crippen LogP contribution in [-0.4, -0.2) is 80.5 Å². The number of carboxylic acids is 2. The fourth-order valence-corrected chi connectivity index (χ4v) is 4.43. The van der Waals surface area contributed by atoms with Gasteiger partial charge in [-0.15, -0.1) is 0 Å². The SMILES string of the molecule is CC(C)C(N)C(=O)NC(Cc1c[nH]c2ccccc12)C(=O)NC(CC(=O)O)C(=O)N1CCCC1C(=O)O. The number of rotatable bonds is 11. The minimum absolute atomic E-state index is 0.0435. The lowest BCUT2D eigenvalue weighted by Crippen LogP contribution is -2.58. The molecule has 200 valence electrons. The first-order valence-corrected chi connectivity index (χ1v) is 12.2. The number of aromatic nitrogens is 1. The standard InChI is InChI=1S/C25H33N5O7/c1-13(2)21(26)23(34)28-17(10-14-12-27-16-7-4-3-6-15(14)16)22(33)29-18(11-20(31)32)24(35)30-9-5-8-19(30)25(36)37/h3-4,6-7,12-13,17-19,21,27H,5,8-11,26H2,1-2H3,(H,28,34)(H,29,33)(H,31,32)(H,36,37). The predicted octanol–water partition coefficient (Wildman–Crippen LogP) is 0.214. The summed E-state index contributed by atoms with van der Waals surface area (Å²) in [6.45, 7) is 3.66. The number of nitrogens with zero attached hydrogens (tertiary/aromatic N) is 1. The van der Waals surface area contributed by atoms with E-state index < -0.39 is 60.2 Å². The number of aromatic amines is 1. The topological polar surface area (TPSA) is 195 Å². The first kappa shape index (κ1) is 27.7. The third-order valence-electron chi connectivity index (χ3n) is 6.57. The maximum Gasteiger partial charge on any atom is 0.326 e. The summed E-state index contributed by atoms with van der Waals surface area (Å²) < 4.78 is 0. The van der Waals surface area contributed by atoms with E-state index in [1.165, 1.54) is 0 Å². The zero-order valence-corrected chi connectivity index (χ0v) is 20.8. The molecule has 4 unspecified atom stereocenters. The number of hydrogen-bond donors (Lipinski definition) is 6. The van der Waals surface area contributed by atoms with Crippen molar-refractivity contribution in [3.63, 3.8) is 0 Å². The summed E-state index contributed by atoms with van der Waals surface area (Å²) >= 11 is 0. The van der Waals surface area contributed by atoms with Crippen molar-refractivity contribution < 1.29 is 34.2 Å². The molecule has 12 heteroatoms. The highest BCUT2D eigenvalue weighted by atomic mass is 16.4. The zero-order chi connectivity index (χ0) is 27.3. The summed E-state index contributed by atoms with van der Waals surface area (Å²) in [5.41, 5.74) is 7.52. The van der Waals surface area contributed by atoms with E-state index in [1.807, 2.05) is 24.3 Å². The number of likely N-dealkylation sites (tertiary alicyclic amines) is 1. The average molecular weight is 516 g/mol. The first-order chi connectivity index (χ1) is 17.5. The summed E-state index contributed by atoms with van der Waals surface area (Å²) in [4.78, 5) is 66.5. The Kier molecular flexibility index (Phi) is 8.87. The third kappa shape index (κ3) is 6.64. The monoisotopic (exact) mass is 515 g/mol. The van der Waals surface area contributed by atoms with Crippen LogP contribution < -0.4 is 16.4 Å². The second-order valence-corrected chi connectivity index (χ2v) is 9.58. The van der Waals surface area contributed by atoms with Crippen molar-refractivity contribution >= 4 is 40.6 Å². The number of fused-ring (bicyclic) bond motifs is 1. The van der Waals surface area contributed by atoms with Crippen molar-refractivity contribution in [3.8, 4) is 0 Å². The van der Waals surface area contributed by atoms with Crippen LogP contribution in [0, 0.1) is 5.92 Å². The Hall–Kier alpha value is -3.93. The fraction of sp³-hybridized carbons (Fsp3) is 0.480. The summed E-state index contributed by atoms with van der Waals surface area (Å²) in [5.74, 6) is -4.89. The molecular formula is C25H33N5O7. The summed E-state index contributed by atoms with van der Waals surface area (Å²) in [6.07, 6.45) is 1.69. The van der Waals surface area contributed by atoms with Crippen molar-refractivity contribution in [1.82, 2.24) is 20.5 Å². The highest BCUT2D eigenvalue weighted by molar-refractivity contribution is 5.96. The third-order valence-corrected chi connectivity index (χ3v) is 6.57. The molecular weight excluding hydrogens is 482 g/mol. The average Bonchev–Trinajstić information content (AvgIpc) is 3.49. The number of aliphatic carboxylic acids is 2. The number of carbonyl (C=O) groups is 5. The molecule has 0 saturated carbocycles. The Labute approximate surface area is 213 Å². The molecule has 0 aliphatic carbocycles. The van der Waals surface area contributed by atoms with E-state index in [2.05, 4.69) is 15.6 Å². The Morgan fingerprint density at radius 3 is 2.41 bits per heavy atom. The molecule has 1 aromatic heterocycles. The molecule has 0 radical (unpaired) electrons. The van der Waals surface area contributed by atoms with E-state index in [-0.39, 0.29) is 25.3 Å². The molecule has 1 aromatic carbocycles.